The highest BCUT2D eigenvalue weighted by molar-refractivity contribution is 9.10. The number of halogens is 1. The molecule has 0 bridgehead atoms. The monoisotopic (exact) mass is 279 g/mol. The van der Waals surface area contributed by atoms with Gasteiger partial charge in [0.05, 0.1) is 6.10 Å². The molecule has 14 heavy (non-hydrogen) atoms. The molecule has 1 aromatic heterocycles. The SMILES string of the molecule is CC(C)OS(=O)(=O)c1ccc(Br)nc1. The van der Waals surface area contributed by atoms with Crippen molar-refractivity contribution in [3.05, 3.63) is 22.9 Å². The minimum atomic E-state index is -3.66. The van der Waals surface area contributed by atoms with E-state index in [2.05, 4.69) is 20.9 Å². The fraction of sp³-hybridized carbons (Fsp3) is 0.375. The van der Waals surface area contributed by atoms with Crippen LogP contribution in [0.5, 0.6) is 0 Å². The predicted molar refractivity (Wildman–Crippen MR) is 55.3 cm³/mol. The van der Waals surface area contributed by atoms with Crippen LogP contribution < -0.4 is 0 Å². The van der Waals surface area contributed by atoms with Gasteiger partial charge in [-0.3, -0.25) is 4.18 Å². The fourth-order valence-corrected chi connectivity index (χ4v) is 2.09. The maximum absolute atomic E-state index is 11.5. The summed E-state index contributed by atoms with van der Waals surface area (Å²) in [4.78, 5) is 3.87. The third-order valence-electron chi connectivity index (χ3n) is 1.31. The van der Waals surface area contributed by atoms with Gasteiger partial charge >= 0.3 is 0 Å². The van der Waals surface area contributed by atoms with E-state index < -0.39 is 10.1 Å². The number of hydrogen-bond acceptors (Lipinski definition) is 4. The van der Waals surface area contributed by atoms with Gasteiger partial charge < -0.3 is 0 Å². The summed E-state index contributed by atoms with van der Waals surface area (Å²) in [6, 6.07) is 2.99. The average Bonchev–Trinajstić information content (AvgIpc) is 2.02. The number of pyridine rings is 1. The average molecular weight is 280 g/mol. The van der Waals surface area contributed by atoms with Crippen LogP contribution in [-0.4, -0.2) is 19.5 Å². The van der Waals surface area contributed by atoms with Gasteiger partial charge in [0.15, 0.2) is 0 Å². The van der Waals surface area contributed by atoms with Crippen LogP contribution in [0.15, 0.2) is 27.8 Å². The van der Waals surface area contributed by atoms with E-state index in [1.165, 1.54) is 12.3 Å². The summed E-state index contributed by atoms with van der Waals surface area (Å²) in [5.41, 5.74) is 0. The van der Waals surface area contributed by atoms with Crippen molar-refractivity contribution in [2.75, 3.05) is 0 Å². The molecule has 0 amide bonds. The molecule has 1 aromatic rings. The number of rotatable bonds is 3. The van der Waals surface area contributed by atoms with E-state index >= 15 is 0 Å². The van der Waals surface area contributed by atoms with Gasteiger partial charge in [-0.05, 0) is 41.9 Å². The first-order chi connectivity index (χ1) is 6.42. The maximum atomic E-state index is 11.5. The zero-order valence-corrected chi connectivity index (χ0v) is 10.2. The fourth-order valence-electron chi connectivity index (χ4n) is 0.819. The number of hydrogen-bond donors (Lipinski definition) is 0. The zero-order valence-electron chi connectivity index (χ0n) is 7.77. The van der Waals surface area contributed by atoms with Crippen LogP contribution in [0.2, 0.25) is 0 Å². The highest BCUT2D eigenvalue weighted by Gasteiger charge is 2.16. The number of aromatic nitrogens is 1. The highest BCUT2D eigenvalue weighted by Crippen LogP contribution is 2.15. The molecule has 0 fully saturated rings. The third kappa shape index (κ3) is 3.04. The van der Waals surface area contributed by atoms with Gasteiger partial charge in [-0.25, -0.2) is 4.98 Å². The Balaban J connectivity index is 2.99. The van der Waals surface area contributed by atoms with Gasteiger partial charge in [0.25, 0.3) is 10.1 Å². The quantitative estimate of drug-likeness (QED) is 0.627. The highest BCUT2D eigenvalue weighted by atomic mass is 79.9. The Labute approximate surface area is 91.6 Å². The largest absolute Gasteiger partial charge is 0.298 e. The van der Waals surface area contributed by atoms with Crippen LogP contribution in [0.1, 0.15) is 13.8 Å². The van der Waals surface area contributed by atoms with E-state index in [1.807, 2.05) is 0 Å². The molecule has 1 heterocycles. The van der Waals surface area contributed by atoms with E-state index in [0.29, 0.717) is 4.60 Å². The molecule has 0 saturated heterocycles. The maximum Gasteiger partial charge on any atom is 0.298 e. The summed E-state index contributed by atoms with van der Waals surface area (Å²) in [5, 5.41) is 0. The lowest BCUT2D eigenvalue weighted by molar-refractivity contribution is 0.249. The standard InChI is InChI=1S/C8H10BrNO3S/c1-6(2)13-14(11,12)7-3-4-8(9)10-5-7/h3-6H,1-2H3. The summed E-state index contributed by atoms with van der Waals surface area (Å²) in [5.74, 6) is 0. The lowest BCUT2D eigenvalue weighted by Gasteiger charge is -2.07. The minimum absolute atomic E-state index is 0.0643. The molecule has 0 aromatic carbocycles. The Morgan fingerprint density at radius 1 is 1.43 bits per heavy atom. The molecular weight excluding hydrogens is 270 g/mol. The molecule has 0 atom stereocenters. The molecule has 1 rings (SSSR count). The second-order valence-corrected chi connectivity index (χ2v) is 5.30. The van der Waals surface area contributed by atoms with Crippen molar-refractivity contribution in [3.63, 3.8) is 0 Å². The van der Waals surface area contributed by atoms with E-state index in [-0.39, 0.29) is 11.0 Å². The first-order valence-corrected chi connectivity index (χ1v) is 6.17. The van der Waals surface area contributed by atoms with Crippen LogP contribution >= 0.6 is 15.9 Å². The Bertz CT molecular complexity index is 399. The molecule has 78 valence electrons. The summed E-state index contributed by atoms with van der Waals surface area (Å²) in [6.45, 7) is 3.31. The molecule has 0 aliphatic carbocycles. The van der Waals surface area contributed by atoms with E-state index in [0.717, 1.165) is 0 Å². The van der Waals surface area contributed by atoms with Gasteiger partial charge in [0.1, 0.15) is 9.50 Å². The molecule has 0 spiro atoms. The van der Waals surface area contributed by atoms with E-state index in [4.69, 9.17) is 4.18 Å². The van der Waals surface area contributed by atoms with Crippen molar-refractivity contribution < 1.29 is 12.6 Å². The molecule has 6 heteroatoms. The Kier molecular flexibility index (Phi) is 3.63. The minimum Gasteiger partial charge on any atom is -0.264 e. The first-order valence-electron chi connectivity index (χ1n) is 3.96. The summed E-state index contributed by atoms with van der Waals surface area (Å²) in [7, 11) is -3.66. The predicted octanol–water partition coefficient (Wildman–Crippen LogP) is 1.96. The first kappa shape index (κ1) is 11.6. The van der Waals surface area contributed by atoms with Gasteiger partial charge in [0, 0.05) is 6.20 Å². The zero-order chi connectivity index (χ0) is 10.8. The molecule has 0 aliphatic heterocycles. The lowest BCUT2D eigenvalue weighted by Crippen LogP contribution is -2.12. The molecule has 0 unspecified atom stereocenters. The Morgan fingerprint density at radius 2 is 2.07 bits per heavy atom. The van der Waals surface area contributed by atoms with E-state index in [1.54, 1.807) is 19.9 Å². The second kappa shape index (κ2) is 4.37. The topological polar surface area (TPSA) is 56.3 Å². The molecule has 0 radical (unpaired) electrons. The van der Waals surface area contributed by atoms with Crippen molar-refractivity contribution in [2.45, 2.75) is 24.8 Å². The van der Waals surface area contributed by atoms with Gasteiger partial charge in [-0.15, -0.1) is 0 Å². The van der Waals surface area contributed by atoms with Crippen LogP contribution in [0.25, 0.3) is 0 Å². The van der Waals surface area contributed by atoms with Gasteiger partial charge in [-0.2, -0.15) is 8.42 Å². The summed E-state index contributed by atoms with van der Waals surface area (Å²) >= 11 is 3.12. The second-order valence-electron chi connectivity index (χ2n) is 2.92. The smallest absolute Gasteiger partial charge is 0.264 e. The Morgan fingerprint density at radius 3 is 2.50 bits per heavy atom. The van der Waals surface area contributed by atoms with Crippen LogP contribution in [0.3, 0.4) is 0 Å². The van der Waals surface area contributed by atoms with Crippen molar-refractivity contribution in [1.82, 2.24) is 4.98 Å². The van der Waals surface area contributed by atoms with Crippen LogP contribution in [0, 0.1) is 0 Å². The van der Waals surface area contributed by atoms with Crippen molar-refractivity contribution in [2.24, 2.45) is 0 Å². The molecule has 0 N–H and O–H groups in total. The van der Waals surface area contributed by atoms with E-state index in [9.17, 15) is 8.42 Å². The Hall–Kier alpha value is -0.460. The van der Waals surface area contributed by atoms with Crippen LogP contribution in [0.4, 0.5) is 0 Å². The molecule has 4 nitrogen and oxygen atoms in total. The van der Waals surface area contributed by atoms with Gasteiger partial charge in [0.2, 0.25) is 0 Å². The van der Waals surface area contributed by atoms with Gasteiger partial charge in [-0.1, -0.05) is 0 Å². The number of nitrogens with zero attached hydrogens (tertiary/aromatic N) is 1. The lowest BCUT2D eigenvalue weighted by atomic mass is 10.5. The van der Waals surface area contributed by atoms with Crippen LogP contribution in [-0.2, 0) is 14.3 Å². The van der Waals surface area contributed by atoms with Crippen molar-refractivity contribution >= 4 is 26.0 Å². The van der Waals surface area contributed by atoms with Crippen molar-refractivity contribution in [1.29, 1.82) is 0 Å². The molecular formula is C8H10BrNO3S. The van der Waals surface area contributed by atoms with Crippen molar-refractivity contribution in [3.8, 4) is 0 Å². The summed E-state index contributed by atoms with van der Waals surface area (Å²) < 4.78 is 28.3. The third-order valence-corrected chi connectivity index (χ3v) is 3.23. The normalized spacial score (nSPS) is 12.0. The molecule has 0 aliphatic rings. The summed E-state index contributed by atoms with van der Waals surface area (Å²) in [6.07, 6.45) is 0.880. The molecule has 0 saturated carbocycles.